The number of hydrogen-bond donors (Lipinski definition) is 2. The second-order valence-corrected chi connectivity index (χ2v) is 13.8. The van der Waals surface area contributed by atoms with E-state index in [-0.39, 0.29) is 0 Å². The molecule has 0 aromatic carbocycles. The predicted molar refractivity (Wildman–Crippen MR) is 135 cm³/mol. The van der Waals surface area contributed by atoms with Gasteiger partial charge in [-0.3, -0.25) is 4.98 Å². The highest BCUT2D eigenvalue weighted by Gasteiger charge is 2.06. The van der Waals surface area contributed by atoms with Crippen LogP contribution in [-0.4, -0.2) is 20.5 Å². The van der Waals surface area contributed by atoms with Gasteiger partial charge in [0, 0.05) is 18.1 Å². The fraction of sp³-hybridized carbons (Fsp3) is 0.783. The van der Waals surface area contributed by atoms with Gasteiger partial charge in [-0.1, -0.05) is 121 Å². The van der Waals surface area contributed by atoms with Gasteiger partial charge < -0.3 is 9.79 Å². The van der Waals surface area contributed by atoms with Gasteiger partial charge in [-0.25, -0.2) is 0 Å². The van der Waals surface area contributed by atoms with E-state index in [9.17, 15) is 0 Å². The van der Waals surface area contributed by atoms with Crippen molar-refractivity contribution in [2.24, 2.45) is 0 Å². The maximum absolute atomic E-state index is 9.09. The molecule has 6 heteroatoms. The smallest absolute Gasteiger partial charge is 0.242 e. The number of rotatable bonds is 18. The molecule has 1 heterocycles. The maximum Gasteiger partial charge on any atom is 0.242 e. The molecule has 170 valence electrons. The fourth-order valence-corrected chi connectivity index (χ4v) is 5.49. The lowest BCUT2D eigenvalue weighted by Crippen LogP contribution is -1.84. The Kier molecular flexibility index (Phi) is 22.8. The van der Waals surface area contributed by atoms with Crippen LogP contribution in [-0.2, 0) is 11.8 Å². The van der Waals surface area contributed by atoms with E-state index in [1.54, 1.807) is 12.4 Å². The van der Waals surface area contributed by atoms with Crippen LogP contribution in [0.2, 0.25) is 0 Å². The number of unbranched alkanes of at least 4 members (excludes halogenated alkanes) is 15. The predicted octanol–water partition coefficient (Wildman–Crippen LogP) is 8.27. The summed E-state index contributed by atoms with van der Waals surface area (Å²) in [5.41, 5.74) is -3.01. The fourth-order valence-electron chi connectivity index (χ4n) is 3.15. The Bertz CT molecular complexity index is 444. The van der Waals surface area contributed by atoms with E-state index in [1.807, 2.05) is 18.2 Å². The van der Waals surface area contributed by atoms with Gasteiger partial charge in [-0.15, -0.1) is 0 Å². The molecule has 0 aliphatic carbocycles. The van der Waals surface area contributed by atoms with E-state index in [4.69, 9.17) is 9.79 Å². The summed E-state index contributed by atoms with van der Waals surface area (Å²) in [7, 11) is 0. The van der Waals surface area contributed by atoms with Gasteiger partial charge in [-0.2, -0.15) is 0 Å². The van der Waals surface area contributed by atoms with Crippen molar-refractivity contribution in [3.63, 3.8) is 0 Å². The van der Waals surface area contributed by atoms with E-state index >= 15 is 0 Å². The molecule has 0 saturated carbocycles. The van der Waals surface area contributed by atoms with Crippen LogP contribution in [0.3, 0.4) is 0 Å². The zero-order valence-corrected chi connectivity index (χ0v) is 21.0. The van der Waals surface area contributed by atoms with Crippen LogP contribution in [0.1, 0.15) is 110 Å². The van der Waals surface area contributed by atoms with Crippen LogP contribution in [0.25, 0.3) is 0 Å². The average molecular weight is 462 g/mol. The Morgan fingerprint density at radius 3 is 1.31 bits per heavy atom. The second kappa shape index (κ2) is 22.7. The summed E-state index contributed by atoms with van der Waals surface area (Å²) in [4.78, 5) is 22.0. The molecule has 29 heavy (non-hydrogen) atoms. The van der Waals surface area contributed by atoms with Crippen molar-refractivity contribution in [2.75, 3.05) is 5.75 Å². The van der Waals surface area contributed by atoms with Crippen LogP contribution in [0.15, 0.2) is 30.6 Å². The molecule has 1 rings (SSSR count). The summed E-state index contributed by atoms with van der Waals surface area (Å²) in [5, 5.41) is 0. The molecule has 0 spiro atoms. The summed E-state index contributed by atoms with van der Waals surface area (Å²) in [6, 6.07) is 5.72. The van der Waals surface area contributed by atoms with Crippen LogP contribution in [0, 0.1) is 0 Å². The molecule has 0 radical (unpaired) electrons. The normalized spacial score (nSPS) is 11.1. The van der Waals surface area contributed by atoms with Crippen LogP contribution in [0.4, 0.5) is 0 Å². The molecule has 0 unspecified atom stereocenters. The first kappa shape index (κ1) is 29.1. The Labute approximate surface area is 189 Å². The largest absolute Gasteiger partial charge is 0.338 e. The van der Waals surface area contributed by atoms with Crippen molar-refractivity contribution in [3.8, 4) is 0 Å². The van der Waals surface area contributed by atoms with Gasteiger partial charge in [0.1, 0.15) is 0 Å². The third-order valence-corrected chi connectivity index (χ3v) is 8.14. The van der Waals surface area contributed by atoms with Crippen molar-refractivity contribution in [2.45, 2.75) is 110 Å². The molecule has 1 aromatic rings. The topological polar surface area (TPSA) is 53.4 Å². The molecule has 2 N–H and O–H groups in total. The van der Waals surface area contributed by atoms with E-state index in [0.717, 1.165) is 23.6 Å². The summed E-state index contributed by atoms with van der Waals surface area (Å²) in [5.74, 6) is 0.794. The van der Waals surface area contributed by atoms with Gasteiger partial charge in [0.15, 0.2) is 0 Å². The van der Waals surface area contributed by atoms with E-state index in [2.05, 4.69) is 23.7 Å². The SMILES string of the molecule is CCCCCCCCCCCCCCCCCCSP(O)(O)=S.c1ccncc1. The standard InChI is InChI=1S/C18H39O2PS2.C5H5N/c1-2-3-4-5-6-7-8-9-10-11-12-13-14-15-16-17-18-23-21(19,20)22;1-2-4-6-5-3-1/h2-18H2,1H3,(H2,19,20,22);1-5H. The van der Waals surface area contributed by atoms with Crippen molar-refractivity contribution >= 4 is 28.9 Å². The van der Waals surface area contributed by atoms with Crippen LogP contribution < -0.4 is 0 Å². The quantitative estimate of drug-likeness (QED) is 0.170. The number of hydrogen-bond acceptors (Lipinski definition) is 3. The third kappa shape index (κ3) is 28.1. The summed E-state index contributed by atoms with van der Waals surface area (Å²) in [6.45, 7) is 2.28. The van der Waals surface area contributed by atoms with Gasteiger partial charge in [0.2, 0.25) is 5.69 Å². The van der Waals surface area contributed by atoms with Crippen LogP contribution in [0.5, 0.6) is 0 Å². The van der Waals surface area contributed by atoms with E-state index in [0.29, 0.717) is 0 Å². The molecule has 0 bridgehead atoms. The van der Waals surface area contributed by atoms with Crippen molar-refractivity contribution in [3.05, 3.63) is 30.6 Å². The van der Waals surface area contributed by atoms with E-state index in [1.165, 1.54) is 96.3 Å². The lowest BCUT2D eigenvalue weighted by atomic mass is 10.0. The molecular formula is C23H44NO2PS2. The minimum Gasteiger partial charge on any atom is -0.338 e. The summed E-state index contributed by atoms with van der Waals surface area (Å²) >= 11 is 5.74. The van der Waals surface area contributed by atoms with Crippen molar-refractivity contribution < 1.29 is 9.79 Å². The minimum atomic E-state index is -3.01. The Hall–Kier alpha value is 0.0700. The molecular weight excluding hydrogens is 417 g/mol. The monoisotopic (exact) mass is 461 g/mol. The van der Waals surface area contributed by atoms with E-state index < -0.39 is 5.69 Å². The zero-order valence-electron chi connectivity index (χ0n) is 18.5. The summed E-state index contributed by atoms with van der Waals surface area (Å²) in [6.07, 6.45) is 25.3. The van der Waals surface area contributed by atoms with Gasteiger partial charge in [0.05, 0.1) is 0 Å². The van der Waals surface area contributed by atoms with Crippen LogP contribution >= 0.6 is 17.1 Å². The molecule has 0 aliphatic heterocycles. The Morgan fingerprint density at radius 2 is 1.03 bits per heavy atom. The average Bonchev–Trinajstić information content (AvgIpc) is 2.71. The molecule has 0 saturated heterocycles. The molecule has 0 atom stereocenters. The maximum atomic E-state index is 9.09. The molecule has 0 fully saturated rings. The van der Waals surface area contributed by atoms with Gasteiger partial charge >= 0.3 is 0 Å². The molecule has 3 nitrogen and oxygen atoms in total. The number of aromatic nitrogens is 1. The molecule has 1 aromatic heterocycles. The molecule has 0 aliphatic rings. The first-order chi connectivity index (χ1) is 14.1. The minimum absolute atomic E-state index is 0.794. The Morgan fingerprint density at radius 1 is 0.655 bits per heavy atom. The first-order valence-electron chi connectivity index (χ1n) is 11.6. The highest BCUT2D eigenvalue weighted by molar-refractivity contribution is 8.67. The Balaban J connectivity index is 0.00000110. The number of nitrogens with zero attached hydrogens (tertiary/aromatic N) is 1. The highest BCUT2D eigenvalue weighted by Crippen LogP contribution is 2.50. The highest BCUT2D eigenvalue weighted by atomic mass is 32.9. The molecule has 0 amide bonds. The summed E-state index contributed by atoms with van der Waals surface area (Å²) < 4.78 is 0. The number of pyridine rings is 1. The third-order valence-electron chi connectivity index (χ3n) is 4.82. The van der Waals surface area contributed by atoms with Gasteiger partial charge in [0.25, 0.3) is 0 Å². The van der Waals surface area contributed by atoms with Crippen molar-refractivity contribution in [1.29, 1.82) is 0 Å². The lowest BCUT2D eigenvalue weighted by Gasteiger charge is -2.06. The first-order valence-corrected chi connectivity index (χ1v) is 15.9. The van der Waals surface area contributed by atoms with Crippen molar-refractivity contribution in [1.82, 2.24) is 4.98 Å². The van der Waals surface area contributed by atoms with Gasteiger partial charge in [-0.05, 0) is 30.4 Å². The zero-order chi connectivity index (χ0) is 21.5. The lowest BCUT2D eigenvalue weighted by molar-refractivity contribution is 0.502. The second-order valence-electron chi connectivity index (χ2n) is 7.65.